The summed E-state index contributed by atoms with van der Waals surface area (Å²) < 4.78 is 0. The Morgan fingerprint density at radius 3 is 2.00 bits per heavy atom. The summed E-state index contributed by atoms with van der Waals surface area (Å²) in [6.07, 6.45) is 0.736. The third-order valence-corrected chi connectivity index (χ3v) is 5.16. The van der Waals surface area contributed by atoms with Crippen LogP contribution < -0.4 is 10.6 Å². The summed E-state index contributed by atoms with van der Waals surface area (Å²) in [5.74, 6) is -0.609. The number of carbonyl (C=O) groups excluding carboxylic acids is 3. The van der Waals surface area contributed by atoms with Gasteiger partial charge in [-0.3, -0.25) is 19.3 Å². The van der Waals surface area contributed by atoms with Crippen LogP contribution in [0.1, 0.15) is 30.0 Å². The van der Waals surface area contributed by atoms with Crippen molar-refractivity contribution in [3.05, 3.63) is 59.2 Å². The van der Waals surface area contributed by atoms with Gasteiger partial charge < -0.3 is 15.5 Å². The van der Waals surface area contributed by atoms with Gasteiger partial charge >= 0.3 is 0 Å². The Balaban J connectivity index is 1.91. The maximum atomic E-state index is 12.8. The summed E-state index contributed by atoms with van der Waals surface area (Å²) in [6, 6.07) is 13.4. The molecule has 2 N–H and O–H groups in total. The van der Waals surface area contributed by atoms with E-state index in [4.69, 9.17) is 0 Å². The van der Waals surface area contributed by atoms with Crippen LogP contribution >= 0.6 is 0 Å². The van der Waals surface area contributed by atoms with Crippen LogP contribution in [-0.4, -0.2) is 60.7 Å². The van der Waals surface area contributed by atoms with Crippen LogP contribution in [0.25, 0.3) is 0 Å². The molecule has 0 unspecified atom stereocenters. The number of hydrogen-bond donors (Lipinski definition) is 2. The van der Waals surface area contributed by atoms with Crippen molar-refractivity contribution >= 4 is 29.1 Å². The number of aryl methyl sites for hydroxylation is 3. The molecule has 0 saturated carbocycles. The molecule has 0 aliphatic carbocycles. The van der Waals surface area contributed by atoms with E-state index in [-0.39, 0.29) is 37.4 Å². The molecule has 7 heteroatoms. The fraction of sp³-hybridized carbons (Fsp3) is 0.400. The topological polar surface area (TPSA) is 81.8 Å². The van der Waals surface area contributed by atoms with Crippen molar-refractivity contribution < 1.29 is 14.4 Å². The van der Waals surface area contributed by atoms with Crippen molar-refractivity contribution in [1.82, 2.24) is 9.80 Å². The first kappa shape index (κ1) is 25.1. The SMILES string of the molecule is CCCN(CC(=O)Nc1ccccc1C)C(=O)CN(C)CC(=O)Nc1c(C)cccc1C. The summed E-state index contributed by atoms with van der Waals surface area (Å²) in [7, 11) is 1.72. The van der Waals surface area contributed by atoms with Crippen LogP contribution in [0.3, 0.4) is 0 Å². The second-order valence-corrected chi connectivity index (χ2v) is 8.17. The maximum absolute atomic E-state index is 12.8. The first-order chi connectivity index (χ1) is 15.2. The predicted octanol–water partition coefficient (Wildman–Crippen LogP) is 3.36. The number of carbonyl (C=O) groups is 3. The second-order valence-electron chi connectivity index (χ2n) is 8.17. The Labute approximate surface area is 190 Å². The molecular weight excluding hydrogens is 404 g/mol. The zero-order chi connectivity index (χ0) is 23.7. The lowest BCUT2D eigenvalue weighted by Gasteiger charge is -2.25. The smallest absolute Gasteiger partial charge is 0.244 e. The minimum absolute atomic E-state index is 0.0244. The molecule has 172 valence electrons. The highest BCUT2D eigenvalue weighted by Gasteiger charge is 2.20. The molecule has 0 atom stereocenters. The van der Waals surface area contributed by atoms with Crippen molar-refractivity contribution in [2.75, 3.05) is 43.9 Å². The van der Waals surface area contributed by atoms with Gasteiger partial charge in [0.05, 0.1) is 19.6 Å². The first-order valence-corrected chi connectivity index (χ1v) is 10.9. The van der Waals surface area contributed by atoms with E-state index >= 15 is 0 Å². The van der Waals surface area contributed by atoms with Crippen molar-refractivity contribution in [2.24, 2.45) is 0 Å². The Bertz CT molecular complexity index is 938. The monoisotopic (exact) mass is 438 g/mol. The number of hydrogen-bond acceptors (Lipinski definition) is 4. The summed E-state index contributed by atoms with van der Waals surface area (Å²) in [5, 5.41) is 5.80. The molecule has 0 aliphatic heterocycles. The molecule has 3 amide bonds. The number of nitrogens with one attached hydrogen (secondary N) is 2. The number of para-hydroxylation sites is 2. The van der Waals surface area contributed by atoms with E-state index in [1.54, 1.807) is 11.9 Å². The molecule has 2 aromatic carbocycles. The minimum Gasteiger partial charge on any atom is -0.332 e. The van der Waals surface area contributed by atoms with Gasteiger partial charge in [-0.1, -0.05) is 43.3 Å². The van der Waals surface area contributed by atoms with E-state index in [9.17, 15) is 14.4 Å². The number of rotatable bonds is 10. The predicted molar refractivity (Wildman–Crippen MR) is 129 cm³/mol. The van der Waals surface area contributed by atoms with Gasteiger partial charge in [0, 0.05) is 17.9 Å². The molecule has 0 heterocycles. The minimum atomic E-state index is -0.239. The Morgan fingerprint density at radius 2 is 1.38 bits per heavy atom. The van der Waals surface area contributed by atoms with E-state index in [1.807, 2.05) is 70.2 Å². The second kappa shape index (κ2) is 12.0. The molecule has 0 bridgehead atoms. The zero-order valence-electron chi connectivity index (χ0n) is 19.7. The molecule has 0 aromatic heterocycles. The van der Waals surface area contributed by atoms with Crippen molar-refractivity contribution in [3.8, 4) is 0 Å². The molecule has 0 fully saturated rings. The van der Waals surface area contributed by atoms with E-state index in [0.29, 0.717) is 6.54 Å². The molecule has 0 saturated heterocycles. The number of likely N-dealkylation sites (N-methyl/N-ethyl adjacent to an activating group) is 1. The van der Waals surface area contributed by atoms with Crippen LogP contribution in [-0.2, 0) is 14.4 Å². The quantitative estimate of drug-likeness (QED) is 0.596. The van der Waals surface area contributed by atoms with Gasteiger partial charge in [-0.05, 0) is 57.0 Å². The van der Waals surface area contributed by atoms with Gasteiger partial charge in [0.25, 0.3) is 0 Å². The van der Waals surface area contributed by atoms with Gasteiger partial charge in [-0.25, -0.2) is 0 Å². The zero-order valence-corrected chi connectivity index (χ0v) is 19.7. The third kappa shape index (κ3) is 7.50. The highest BCUT2D eigenvalue weighted by molar-refractivity contribution is 5.96. The van der Waals surface area contributed by atoms with E-state index in [2.05, 4.69) is 10.6 Å². The molecule has 0 aliphatic rings. The van der Waals surface area contributed by atoms with Gasteiger partial charge in [0.1, 0.15) is 0 Å². The summed E-state index contributed by atoms with van der Waals surface area (Å²) in [4.78, 5) is 41.0. The number of nitrogens with zero attached hydrogens (tertiary/aromatic N) is 2. The summed E-state index contributed by atoms with van der Waals surface area (Å²) >= 11 is 0. The number of amides is 3. The third-order valence-electron chi connectivity index (χ3n) is 5.16. The highest BCUT2D eigenvalue weighted by atomic mass is 16.2. The Hall–Kier alpha value is -3.19. The van der Waals surface area contributed by atoms with Gasteiger partial charge in [0.15, 0.2) is 0 Å². The number of anilines is 2. The molecule has 7 nitrogen and oxygen atoms in total. The van der Waals surface area contributed by atoms with Crippen molar-refractivity contribution in [2.45, 2.75) is 34.1 Å². The highest BCUT2D eigenvalue weighted by Crippen LogP contribution is 2.19. The van der Waals surface area contributed by atoms with Crippen LogP contribution in [0.5, 0.6) is 0 Å². The first-order valence-electron chi connectivity index (χ1n) is 10.9. The van der Waals surface area contributed by atoms with E-state index in [0.717, 1.165) is 34.5 Å². The average molecular weight is 439 g/mol. The van der Waals surface area contributed by atoms with Crippen LogP contribution in [0.4, 0.5) is 11.4 Å². The molecule has 0 radical (unpaired) electrons. The van der Waals surface area contributed by atoms with Crippen molar-refractivity contribution in [3.63, 3.8) is 0 Å². The van der Waals surface area contributed by atoms with Crippen LogP contribution in [0.15, 0.2) is 42.5 Å². The molecule has 0 spiro atoms. The van der Waals surface area contributed by atoms with E-state index < -0.39 is 0 Å². The van der Waals surface area contributed by atoms with E-state index in [1.165, 1.54) is 4.90 Å². The number of benzene rings is 2. The van der Waals surface area contributed by atoms with Crippen LogP contribution in [0.2, 0.25) is 0 Å². The molecule has 2 aromatic rings. The Morgan fingerprint density at radius 1 is 0.781 bits per heavy atom. The standard InChI is InChI=1S/C25H34N4O3/c1-6-14-29(16-23(31)26-21-13-8-7-10-18(21)2)24(32)17-28(5)15-22(30)27-25-19(3)11-9-12-20(25)4/h7-13H,6,14-17H2,1-5H3,(H,26,31)(H,27,30). The average Bonchev–Trinajstić information content (AvgIpc) is 2.72. The summed E-state index contributed by atoms with van der Waals surface area (Å²) in [5.41, 5.74) is 4.49. The van der Waals surface area contributed by atoms with Gasteiger partial charge in [-0.15, -0.1) is 0 Å². The van der Waals surface area contributed by atoms with Gasteiger partial charge in [-0.2, -0.15) is 0 Å². The lowest BCUT2D eigenvalue weighted by atomic mass is 10.1. The van der Waals surface area contributed by atoms with Gasteiger partial charge in [0.2, 0.25) is 17.7 Å². The lowest BCUT2D eigenvalue weighted by Crippen LogP contribution is -2.44. The maximum Gasteiger partial charge on any atom is 0.244 e. The molecular formula is C25H34N4O3. The van der Waals surface area contributed by atoms with Crippen LogP contribution in [0, 0.1) is 20.8 Å². The van der Waals surface area contributed by atoms with Crippen molar-refractivity contribution in [1.29, 1.82) is 0 Å². The lowest BCUT2D eigenvalue weighted by molar-refractivity contribution is -0.135. The molecule has 2 rings (SSSR count). The largest absolute Gasteiger partial charge is 0.332 e. The fourth-order valence-corrected chi connectivity index (χ4v) is 3.46. The molecule has 32 heavy (non-hydrogen) atoms. The Kier molecular flexibility index (Phi) is 9.40. The fourth-order valence-electron chi connectivity index (χ4n) is 3.46. The normalized spacial score (nSPS) is 10.7. The summed E-state index contributed by atoms with van der Waals surface area (Å²) in [6.45, 7) is 8.35.